The van der Waals surface area contributed by atoms with Gasteiger partial charge >= 0.3 is 0 Å². The van der Waals surface area contributed by atoms with Crippen molar-refractivity contribution >= 4 is 23.2 Å². The molecule has 1 aromatic carbocycles. The highest BCUT2D eigenvalue weighted by Crippen LogP contribution is 2.34. The van der Waals surface area contributed by atoms with Gasteiger partial charge in [0.25, 0.3) is 11.5 Å². The number of hydrogen-bond acceptors (Lipinski definition) is 6. The minimum atomic E-state index is -0.390. The van der Waals surface area contributed by atoms with E-state index < -0.39 is 5.91 Å². The van der Waals surface area contributed by atoms with Crippen molar-refractivity contribution in [2.75, 3.05) is 17.7 Å². The first kappa shape index (κ1) is 18.4. The Morgan fingerprint density at radius 3 is 2.79 bits per heavy atom. The van der Waals surface area contributed by atoms with Crippen LogP contribution in [0.1, 0.15) is 28.0 Å². The van der Waals surface area contributed by atoms with E-state index in [2.05, 4.69) is 25.9 Å². The van der Waals surface area contributed by atoms with Crippen molar-refractivity contribution in [2.45, 2.75) is 19.8 Å². The van der Waals surface area contributed by atoms with Gasteiger partial charge in [0, 0.05) is 18.2 Å². The van der Waals surface area contributed by atoms with E-state index in [4.69, 9.17) is 4.74 Å². The van der Waals surface area contributed by atoms with E-state index in [9.17, 15) is 14.4 Å². The Hall–Kier alpha value is -3.95. The molecule has 148 valence electrons. The molecule has 10 heteroatoms. The Bertz CT molecular complexity index is 1160. The summed E-state index contributed by atoms with van der Waals surface area (Å²) in [5, 5.41) is 16.1. The number of rotatable bonds is 4. The lowest BCUT2D eigenvalue weighted by Gasteiger charge is -2.20. The fourth-order valence-electron chi connectivity index (χ4n) is 3.18. The van der Waals surface area contributed by atoms with Crippen LogP contribution in [0.2, 0.25) is 0 Å². The lowest BCUT2D eigenvalue weighted by molar-refractivity contribution is -0.116. The number of H-pyrrole nitrogens is 1. The molecule has 1 aliphatic heterocycles. The van der Waals surface area contributed by atoms with Crippen molar-refractivity contribution in [3.05, 3.63) is 57.6 Å². The van der Waals surface area contributed by atoms with E-state index in [0.717, 1.165) is 5.56 Å². The quantitative estimate of drug-likeness (QED) is 0.613. The van der Waals surface area contributed by atoms with Gasteiger partial charge in [0.05, 0.1) is 30.3 Å². The molecule has 3 heterocycles. The van der Waals surface area contributed by atoms with Crippen LogP contribution in [-0.2, 0) is 11.2 Å². The summed E-state index contributed by atoms with van der Waals surface area (Å²) < 4.78 is 6.85. The molecule has 3 aromatic rings. The minimum Gasteiger partial charge on any atom is -0.495 e. The van der Waals surface area contributed by atoms with Gasteiger partial charge in [-0.1, -0.05) is 0 Å². The summed E-state index contributed by atoms with van der Waals surface area (Å²) >= 11 is 0. The Morgan fingerprint density at radius 2 is 2.07 bits per heavy atom. The molecule has 10 nitrogen and oxygen atoms in total. The number of nitrogens with zero attached hydrogens (tertiary/aromatic N) is 3. The number of aryl methyl sites for hydroxylation is 1. The van der Waals surface area contributed by atoms with Crippen LogP contribution < -0.4 is 20.9 Å². The maximum atomic E-state index is 12.8. The first-order valence-corrected chi connectivity index (χ1v) is 8.89. The number of benzene rings is 1. The van der Waals surface area contributed by atoms with E-state index in [1.54, 1.807) is 13.0 Å². The molecule has 0 spiro atoms. The standard InChI is InChI=1S/C19H18N6O4/c1-10-12(9-20-25(10)16-4-6-18(27)24-23-16)19(28)22-14-8-13-11(7-15(14)29-2)3-5-17(26)21-13/h4,6-9H,3,5H2,1-2H3,(H,21,26)(H,22,28)(H,24,27). The van der Waals surface area contributed by atoms with Gasteiger partial charge < -0.3 is 15.4 Å². The number of carbonyl (C=O) groups excluding carboxylic acids is 2. The van der Waals surface area contributed by atoms with Crippen LogP contribution in [0.15, 0.2) is 35.3 Å². The van der Waals surface area contributed by atoms with E-state index in [0.29, 0.717) is 47.0 Å². The fraction of sp³-hybridized carbons (Fsp3) is 0.211. The summed E-state index contributed by atoms with van der Waals surface area (Å²) in [5.74, 6) is 0.430. The number of hydrogen-bond donors (Lipinski definition) is 3. The number of fused-ring (bicyclic) bond motifs is 1. The van der Waals surface area contributed by atoms with Gasteiger partial charge in [-0.2, -0.15) is 10.2 Å². The third kappa shape index (κ3) is 3.47. The molecule has 0 unspecified atom stereocenters. The van der Waals surface area contributed by atoms with Gasteiger partial charge in [0.15, 0.2) is 5.82 Å². The van der Waals surface area contributed by atoms with E-state index >= 15 is 0 Å². The second kappa shape index (κ2) is 7.23. The molecule has 0 bridgehead atoms. The van der Waals surface area contributed by atoms with Crippen molar-refractivity contribution in [3.63, 3.8) is 0 Å². The van der Waals surface area contributed by atoms with Crippen LogP contribution in [0.25, 0.3) is 5.82 Å². The summed E-state index contributed by atoms with van der Waals surface area (Å²) in [4.78, 5) is 35.7. The summed E-state index contributed by atoms with van der Waals surface area (Å²) in [5.41, 5.74) is 2.60. The Labute approximate surface area is 164 Å². The molecule has 2 aromatic heterocycles. The smallest absolute Gasteiger partial charge is 0.264 e. The van der Waals surface area contributed by atoms with Gasteiger partial charge in [-0.3, -0.25) is 14.4 Å². The highest BCUT2D eigenvalue weighted by molar-refractivity contribution is 6.06. The van der Waals surface area contributed by atoms with Crippen LogP contribution in [0.3, 0.4) is 0 Å². The number of carbonyl (C=O) groups is 2. The molecule has 0 fully saturated rings. The summed E-state index contributed by atoms with van der Waals surface area (Å²) in [6.07, 6.45) is 2.45. The maximum Gasteiger partial charge on any atom is 0.264 e. The highest BCUT2D eigenvalue weighted by Gasteiger charge is 2.21. The molecule has 2 amide bonds. The van der Waals surface area contributed by atoms with E-state index in [1.807, 2.05) is 6.07 Å². The van der Waals surface area contributed by atoms with Gasteiger partial charge in [-0.25, -0.2) is 9.78 Å². The van der Waals surface area contributed by atoms with E-state index in [-0.39, 0.29) is 11.5 Å². The number of anilines is 2. The van der Waals surface area contributed by atoms with Crippen molar-refractivity contribution in [1.82, 2.24) is 20.0 Å². The molecule has 0 radical (unpaired) electrons. The molecule has 29 heavy (non-hydrogen) atoms. The number of nitrogens with one attached hydrogen (secondary N) is 3. The molecule has 0 atom stereocenters. The molecular formula is C19H18N6O4. The average Bonchev–Trinajstić information content (AvgIpc) is 3.09. The molecule has 4 rings (SSSR count). The number of methoxy groups -OCH3 is 1. The number of amides is 2. The molecule has 0 aliphatic carbocycles. The van der Waals surface area contributed by atoms with Crippen LogP contribution in [-0.4, -0.2) is 38.9 Å². The average molecular weight is 394 g/mol. The summed E-state index contributed by atoms with van der Waals surface area (Å²) in [7, 11) is 1.52. The third-order valence-electron chi connectivity index (χ3n) is 4.70. The fourth-order valence-corrected chi connectivity index (χ4v) is 3.18. The van der Waals surface area contributed by atoms with Crippen LogP contribution >= 0.6 is 0 Å². The second-order valence-electron chi connectivity index (χ2n) is 6.55. The lowest BCUT2D eigenvalue weighted by Crippen LogP contribution is -2.20. The second-order valence-corrected chi connectivity index (χ2v) is 6.55. The largest absolute Gasteiger partial charge is 0.495 e. The SMILES string of the molecule is COc1cc2c(cc1NC(=O)c1cnn(-c3ccc(=O)[nH]n3)c1C)NC(=O)CC2. The van der Waals surface area contributed by atoms with Crippen LogP contribution in [0, 0.1) is 6.92 Å². The topological polar surface area (TPSA) is 131 Å². The molecular weight excluding hydrogens is 376 g/mol. The monoisotopic (exact) mass is 394 g/mol. The number of aromatic amines is 1. The molecule has 0 saturated heterocycles. The van der Waals surface area contributed by atoms with Crippen molar-refractivity contribution in [1.29, 1.82) is 0 Å². The summed E-state index contributed by atoms with van der Waals surface area (Å²) in [6.45, 7) is 1.72. The van der Waals surface area contributed by atoms with E-state index in [1.165, 1.54) is 30.1 Å². The third-order valence-corrected chi connectivity index (χ3v) is 4.70. The van der Waals surface area contributed by atoms with Crippen molar-refractivity contribution in [2.24, 2.45) is 0 Å². The normalized spacial score (nSPS) is 12.8. The molecule has 1 aliphatic rings. The maximum absolute atomic E-state index is 12.8. The van der Waals surface area contributed by atoms with Crippen LogP contribution in [0.5, 0.6) is 5.75 Å². The van der Waals surface area contributed by atoms with Gasteiger partial charge in [0.2, 0.25) is 5.91 Å². The number of ether oxygens (including phenoxy) is 1. The predicted octanol–water partition coefficient (Wildman–Crippen LogP) is 1.41. The highest BCUT2D eigenvalue weighted by atomic mass is 16.5. The summed E-state index contributed by atoms with van der Waals surface area (Å²) in [6, 6.07) is 6.34. The van der Waals surface area contributed by atoms with Gasteiger partial charge in [0.1, 0.15) is 5.75 Å². The Balaban J connectivity index is 1.63. The van der Waals surface area contributed by atoms with Gasteiger partial charge in [-0.05, 0) is 37.1 Å². The first-order chi connectivity index (χ1) is 14.0. The molecule has 0 saturated carbocycles. The Morgan fingerprint density at radius 1 is 1.24 bits per heavy atom. The minimum absolute atomic E-state index is 0.0644. The zero-order valence-corrected chi connectivity index (χ0v) is 15.8. The zero-order chi connectivity index (χ0) is 20.5. The van der Waals surface area contributed by atoms with Crippen molar-refractivity contribution in [3.8, 4) is 11.6 Å². The van der Waals surface area contributed by atoms with Gasteiger partial charge in [-0.15, -0.1) is 0 Å². The predicted molar refractivity (Wildman–Crippen MR) is 105 cm³/mol. The van der Waals surface area contributed by atoms with Crippen LogP contribution in [0.4, 0.5) is 11.4 Å². The lowest BCUT2D eigenvalue weighted by atomic mass is 10.0. The first-order valence-electron chi connectivity index (χ1n) is 8.89. The van der Waals surface area contributed by atoms with Crippen molar-refractivity contribution < 1.29 is 14.3 Å². The molecule has 3 N–H and O–H groups in total. The zero-order valence-electron chi connectivity index (χ0n) is 15.8. The Kier molecular flexibility index (Phi) is 4.59. The number of aromatic nitrogens is 4.